The molecule has 2 N–H and O–H groups in total. The number of benzene rings is 1. The van der Waals surface area contributed by atoms with Gasteiger partial charge in [0, 0.05) is 19.1 Å². The van der Waals surface area contributed by atoms with E-state index in [1.807, 2.05) is 7.05 Å². The van der Waals surface area contributed by atoms with Crippen molar-refractivity contribution in [3.8, 4) is 0 Å². The molecule has 23 heavy (non-hydrogen) atoms. The molecule has 9 heteroatoms. The molecule has 0 aliphatic carbocycles. The predicted octanol–water partition coefficient (Wildman–Crippen LogP) is 1.44. The zero-order valence-electron chi connectivity index (χ0n) is 13.0. The van der Waals surface area contributed by atoms with Crippen LogP contribution in [0.2, 0.25) is 0 Å². The van der Waals surface area contributed by atoms with Gasteiger partial charge in [-0.05, 0) is 38.1 Å². The van der Waals surface area contributed by atoms with E-state index in [9.17, 15) is 17.6 Å². The lowest BCUT2D eigenvalue weighted by Gasteiger charge is -2.33. The van der Waals surface area contributed by atoms with Crippen LogP contribution in [0.3, 0.4) is 0 Å². The van der Waals surface area contributed by atoms with E-state index in [0.29, 0.717) is 13.1 Å². The van der Waals surface area contributed by atoms with Crippen LogP contribution in [0.25, 0.3) is 0 Å². The van der Waals surface area contributed by atoms with E-state index in [4.69, 9.17) is 0 Å². The highest BCUT2D eigenvalue weighted by atomic mass is 35.5. The third-order valence-electron chi connectivity index (χ3n) is 3.62. The molecule has 1 aliphatic heterocycles. The van der Waals surface area contributed by atoms with Gasteiger partial charge in [-0.15, -0.1) is 12.4 Å². The molecule has 6 nitrogen and oxygen atoms in total. The van der Waals surface area contributed by atoms with Gasteiger partial charge in [0.25, 0.3) is 5.91 Å². The summed E-state index contributed by atoms with van der Waals surface area (Å²) in [6.07, 6.45) is 2.81. The number of carbonyl (C=O) groups is 1. The minimum absolute atomic E-state index is 0. The Balaban J connectivity index is 0.00000264. The predicted molar refractivity (Wildman–Crippen MR) is 90.1 cm³/mol. The van der Waals surface area contributed by atoms with Gasteiger partial charge in [-0.3, -0.25) is 9.52 Å². The summed E-state index contributed by atoms with van der Waals surface area (Å²) in [5.41, 5.74) is 0.127. The van der Waals surface area contributed by atoms with Gasteiger partial charge in [-0.25, -0.2) is 12.8 Å². The highest BCUT2D eigenvalue weighted by molar-refractivity contribution is 7.92. The first-order valence-corrected chi connectivity index (χ1v) is 8.93. The van der Waals surface area contributed by atoms with Crippen LogP contribution >= 0.6 is 12.4 Å². The molecular weight excluding hydrogens is 345 g/mol. The van der Waals surface area contributed by atoms with Crippen LogP contribution in [0, 0.1) is 5.82 Å². The van der Waals surface area contributed by atoms with Crippen molar-refractivity contribution >= 4 is 34.0 Å². The van der Waals surface area contributed by atoms with E-state index in [0.717, 1.165) is 31.2 Å². The maximum atomic E-state index is 13.5. The van der Waals surface area contributed by atoms with Crippen LogP contribution in [0.5, 0.6) is 0 Å². The molecule has 1 amide bonds. The van der Waals surface area contributed by atoms with Crippen molar-refractivity contribution < 1.29 is 17.6 Å². The minimum Gasteiger partial charge on any atom is -0.337 e. The van der Waals surface area contributed by atoms with Gasteiger partial charge in [0.1, 0.15) is 5.82 Å². The second-order valence-electron chi connectivity index (χ2n) is 5.44. The Kier molecular flexibility index (Phi) is 6.79. The van der Waals surface area contributed by atoms with Crippen LogP contribution in [0.1, 0.15) is 23.2 Å². The summed E-state index contributed by atoms with van der Waals surface area (Å²) in [5.74, 6) is -0.949. The van der Waals surface area contributed by atoms with Crippen LogP contribution in [-0.2, 0) is 10.0 Å². The Bertz CT molecular complexity index is 669. The number of amides is 1. The van der Waals surface area contributed by atoms with E-state index < -0.39 is 15.8 Å². The summed E-state index contributed by atoms with van der Waals surface area (Å²) < 4.78 is 38.5. The molecule has 0 radical (unpaired) electrons. The number of nitrogens with zero attached hydrogens (tertiary/aromatic N) is 1. The number of nitrogens with one attached hydrogen (secondary N) is 2. The second kappa shape index (κ2) is 7.94. The van der Waals surface area contributed by atoms with Gasteiger partial charge in [0.05, 0.1) is 17.5 Å². The molecule has 1 aliphatic rings. The molecule has 1 aromatic carbocycles. The molecule has 0 bridgehead atoms. The van der Waals surface area contributed by atoms with Gasteiger partial charge < -0.3 is 10.2 Å². The molecule has 0 spiro atoms. The number of piperidine rings is 1. The van der Waals surface area contributed by atoms with Crippen molar-refractivity contribution in [3.63, 3.8) is 0 Å². The van der Waals surface area contributed by atoms with Crippen LogP contribution in [0.4, 0.5) is 10.1 Å². The smallest absolute Gasteiger partial charge is 0.256 e. The first kappa shape index (κ1) is 19.7. The molecule has 1 unspecified atom stereocenters. The fourth-order valence-corrected chi connectivity index (χ4v) is 3.13. The van der Waals surface area contributed by atoms with Gasteiger partial charge in [-0.2, -0.15) is 0 Å². The maximum Gasteiger partial charge on any atom is 0.256 e. The number of hydrogen-bond donors (Lipinski definition) is 2. The minimum atomic E-state index is -3.55. The average molecular weight is 366 g/mol. The molecule has 1 fully saturated rings. The van der Waals surface area contributed by atoms with Crippen molar-refractivity contribution in [2.45, 2.75) is 18.9 Å². The second-order valence-corrected chi connectivity index (χ2v) is 7.19. The number of sulfonamides is 1. The summed E-state index contributed by atoms with van der Waals surface area (Å²) in [4.78, 5) is 14.2. The first-order chi connectivity index (χ1) is 10.3. The van der Waals surface area contributed by atoms with Crippen LogP contribution < -0.4 is 10.0 Å². The van der Waals surface area contributed by atoms with E-state index in [-0.39, 0.29) is 35.6 Å². The fraction of sp³-hybridized carbons (Fsp3) is 0.500. The lowest BCUT2D eigenvalue weighted by molar-refractivity contribution is 0.0699. The topological polar surface area (TPSA) is 78.5 Å². The normalized spacial score (nSPS) is 18.2. The highest BCUT2D eigenvalue weighted by Gasteiger charge is 2.26. The summed E-state index contributed by atoms with van der Waals surface area (Å²) in [5, 5.41) is 3.12. The number of likely N-dealkylation sites (N-methyl/N-ethyl adjacent to an activating group) is 1. The number of anilines is 1. The van der Waals surface area contributed by atoms with Crippen LogP contribution in [0.15, 0.2) is 18.2 Å². The highest BCUT2D eigenvalue weighted by Crippen LogP contribution is 2.22. The lowest BCUT2D eigenvalue weighted by Crippen LogP contribution is -2.47. The Morgan fingerprint density at radius 2 is 2.09 bits per heavy atom. The van der Waals surface area contributed by atoms with E-state index in [1.54, 1.807) is 4.90 Å². The Labute approximate surface area is 141 Å². The summed E-state index contributed by atoms with van der Waals surface area (Å²) in [7, 11) is -1.72. The average Bonchev–Trinajstić information content (AvgIpc) is 2.47. The third kappa shape index (κ3) is 5.33. The van der Waals surface area contributed by atoms with Gasteiger partial charge in [-0.1, -0.05) is 0 Å². The van der Waals surface area contributed by atoms with Crippen molar-refractivity contribution in [1.29, 1.82) is 0 Å². The Morgan fingerprint density at radius 1 is 1.39 bits per heavy atom. The zero-order chi connectivity index (χ0) is 16.3. The van der Waals surface area contributed by atoms with E-state index in [1.165, 1.54) is 6.07 Å². The number of likely N-dealkylation sites (tertiary alicyclic amines) is 1. The van der Waals surface area contributed by atoms with E-state index in [2.05, 4.69) is 10.0 Å². The Hall–Kier alpha value is -1.38. The van der Waals surface area contributed by atoms with Crippen molar-refractivity contribution in [1.82, 2.24) is 10.2 Å². The van der Waals surface area contributed by atoms with Crippen molar-refractivity contribution in [3.05, 3.63) is 29.6 Å². The largest absolute Gasteiger partial charge is 0.337 e. The SMILES string of the molecule is CNC1CCCN(C(=O)c2cc(F)ccc2NS(C)(=O)=O)C1.Cl. The molecule has 1 atom stereocenters. The summed E-state index contributed by atoms with van der Waals surface area (Å²) in [6.45, 7) is 1.09. The molecule has 0 aromatic heterocycles. The molecule has 0 saturated carbocycles. The van der Waals surface area contributed by atoms with Crippen molar-refractivity contribution in [2.75, 3.05) is 31.1 Å². The molecule has 1 saturated heterocycles. The molecule has 130 valence electrons. The number of hydrogen-bond acceptors (Lipinski definition) is 4. The summed E-state index contributed by atoms with van der Waals surface area (Å²) >= 11 is 0. The first-order valence-electron chi connectivity index (χ1n) is 7.04. The monoisotopic (exact) mass is 365 g/mol. The third-order valence-corrected chi connectivity index (χ3v) is 4.21. The Morgan fingerprint density at radius 3 is 2.70 bits per heavy atom. The number of halogens is 2. The lowest BCUT2D eigenvalue weighted by atomic mass is 10.0. The number of carbonyl (C=O) groups excluding carboxylic acids is 1. The number of rotatable bonds is 4. The quantitative estimate of drug-likeness (QED) is 0.846. The van der Waals surface area contributed by atoms with Gasteiger partial charge in [0.2, 0.25) is 10.0 Å². The molecule has 1 aromatic rings. The summed E-state index contributed by atoms with van der Waals surface area (Å²) in [6, 6.07) is 3.65. The molecule has 1 heterocycles. The van der Waals surface area contributed by atoms with Crippen molar-refractivity contribution in [2.24, 2.45) is 0 Å². The van der Waals surface area contributed by atoms with E-state index >= 15 is 0 Å². The standard InChI is InChI=1S/C14H20FN3O3S.ClH/c1-16-11-4-3-7-18(9-11)14(19)12-8-10(15)5-6-13(12)17-22(2,20)21;/h5-6,8,11,16-17H,3-4,7,9H2,1-2H3;1H. The van der Waals surface area contributed by atoms with Gasteiger partial charge >= 0.3 is 0 Å². The molecular formula is C14H21ClFN3O3S. The molecule has 2 rings (SSSR count). The zero-order valence-corrected chi connectivity index (χ0v) is 14.6. The maximum absolute atomic E-state index is 13.5. The van der Waals surface area contributed by atoms with Crippen LogP contribution in [-0.4, -0.2) is 51.7 Å². The fourth-order valence-electron chi connectivity index (χ4n) is 2.55. The van der Waals surface area contributed by atoms with Gasteiger partial charge in [0.15, 0.2) is 0 Å².